The van der Waals surface area contributed by atoms with Crippen LogP contribution in [0.2, 0.25) is 0 Å². The fraction of sp³-hybridized carbons (Fsp3) is 0.476. The summed E-state index contributed by atoms with van der Waals surface area (Å²) in [5.74, 6) is -0.0866. The minimum absolute atomic E-state index is 0. The van der Waals surface area contributed by atoms with Gasteiger partial charge in [-0.25, -0.2) is 4.98 Å². The number of thiazole rings is 1. The third-order valence-electron chi connectivity index (χ3n) is 5.07. The molecule has 0 aliphatic carbocycles. The topological polar surface area (TPSA) is 54.3 Å². The van der Waals surface area contributed by atoms with Gasteiger partial charge < -0.3 is 4.90 Å². The van der Waals surface area contributed by atoms with Crippen molar-refractivity contribution in [2.45, 2.75) is 40.7 Å². The van der Waals surface area contributed by atoms with E-state index in [1.807, 2.05) is 13.1 Å². The molecule has 2 aromatic heterocycles. The Morgan fingerprint density at radius 1 is 1.10 bits per heavy atom. The molecule has 2 heterocycles. The monoisotopic (exact) mass is 435 g/mol. The summed E-state index contributed by atoms with van der Waals surface area (Å²) in [4.78, 5) is 22.3. The van der Waals surface area contributed by atoms with Gasteiger partial charge in [-0.2, -0.15) is 5.10 Å². The number of hydrogen-bond donors (Lipinski definition) is 0. The summed E-state index contributed by atoms with van der Waals surface area (Å²) >= 11 is 1.58. The first-order chi connectivity index (χ1) is 13.6. The number of halogens is 1. The number of fused-ring (bicyclic) bond motifs is 1. The second kappa shape index (κ2) is 10.7. The number of hydrogen-bond acceptors (Lipinski definition) is 5. The zero-order valence-electron chi connectivity index (χ0n) is 17.6. The van der Waals surface area contributed by atoms with Crippen LogP contribution in [-0.2, 0) is 13.0 Å². The van der Waals surface area contributed by atoms with Crippen molar-refractivity contribution < 1.29 is 4.79 Å². The average Bonchev–Trinajstić information content (AvgIpc) is 3.37. The SMILES string of the molecule is CCc1cccc2sc(N(CCN(CC)CC)C(=O)c3ccn(CC)n3)nc12.Cl. The van der Waals surface area contributed by atoms with Crippen LogP contribution < -0.4 is 4.90 Å². The normalized spacial score (nSPS) is 11.1. The molecule has 0 N–H and O–H groups in total. The molecular formula is C21H30ClN5OS. The van der Waals surface area contributed by atoms with Gasteiger partial charge in [0.15, 0.2) is 10.8 Å². The van der Waals surface area contributed by atoms with Crippen LogP contribution in [-0.4, -0.2) is 51.8 Å². The molecule has 1 amide bonds. The van der Waals surface area contributed by atoms with Gasteiger partial charge in [-0.1, -0.05) is 44.2 Å². The van der Waals surface area contributed by atoms with Gasteiger partial charge in [-0.15, -0.1) is 12.4 Å². The zero-order valence-corrected chi connectivity index (χ0v) is 19.2. The number of rotatable bonds is 9. The van der Waals surface area contributed by atoms with E-state index in [0.29, 0.717) is 12.2 Å². The number of anilines is 1. The van der Waals surface area contributed by atoms with Crippen molar-refractivity contribution in [3.8, 4) is 0 Å². The first kappa shape index (κ1) is 23.3. The van der Waals surface area contributed by atoms with E-state index in [1.165, 1.54) is 5.56 Å². The number of amides is 1. The Morgan fingerprint density at radius 2 is 1.86 bits per heavy atom. The Balaban J connectivity index is 0.00000300. The van der Waals surface area contributed by atoms with Crippen molar-refractivity contribution in [2.24, 2.45) is 0 Å². The molecule has 0 radical (unpaired) electrons. The molecule has 0 saturated heterocycles. The molecule has 158 valence electrons. The zero-order chi connectivity index (χ0) is 20.1. The summed E-state index contributed by atoms with van der Waals surface area (Å²) in [6.07, 6.45) is 2.78. The molecule has 29 heavy (non-hydrogen) atoms. The number of aromatic nitrogens is 3. The highest BCUT2D eigenvalue weighted by atomic mass is 35.5. The van der Waals surface area contributed by atoms with Crippen LogP contribution in [0.4, 0.5) is 5.13 Å². The molecule has 0 aliphatic rings. The number of carbonyl (C=O) groups excluding carboxylic acids is 1. The Bertz CT molecular complexity index is 934. The summed E-state index contributed by atoms with van der Waals surface area (Å²) in [5, 5.41) is 5.17. The lowest BCUT2D eigenvalue weighted by molar-refractivity contribution is 0.0978. The van der Waals surface area contributed by atoms with Gasteiger partial charge in [0.25, 0.3) is 5.91 Å². The Morgan fingerprint density at radius 3 is 2.48 bits per heavy atom. The van der Waals surface area contributed by atoms with Crippen molar-refractivity contribution in [2.75, 3.05) is 31.1 Å². The average molecular weight is 436 g/mol. The van der Waals surface area contributed by atoms with Gasteiger partial charge in [0.1, 0.15) is 0 Å². The van der Waals surface area contributed by atoms with Crippen LogP contribution in [0.5, 0.6) is 0 Å². The van der Waals surface area contributed by atoms with Crippen molar-refractivity contribution in [1.29, 1.82) is 0 Å². The van der Waals surface area contributed by atoms with Gasteiger partial charge in [0.05, 0.1) is 10.2 Å². The molecule has 0 atom stereocenters. The van der Waals surface area contributed by atoms with E-state index in [4.69, 9.17) is 4.98 Å². The molecule has 0 saturated carbocycles. The van der Waals surface area contributed by atoms with Crippen LogP contribution in [0.3, 0.4) is 0 Å². The number of likely N-dealkylation sites (N-methyl/N-ethyl adjacent to an activating group) is 1. The maximum Gasteiger partial charge on any atom is 0.280 e. The Hall–Kier alpha value is -1.96. The second-order valence-corrected chi connectivity index (χ2v) is 7.66. The fourth-order valence-corrected chi connectivity index (χ4v) is 4.29. The quantitative estimate of drug-likeness (QED) is 0.497. The maximum atomic E-state index is 13.3. The first-order valence-electron chi connectivity index (χ1n) is 10.1. The predicted octanol–water partition coefficient (Wildman–Crippen LogP) is 4.49. The third kappa shape index (κ3) is 5.15. The molecule has 3 rings (SSSR count). The largest absolute Gasteiger partial charge is 0.302 e. The van der Waals surface area contributed by atoms with E-state index < -0.39 is 0 Å². The summed E-state index contributed by atoms with van der Waals surface area (Å²) in [7, 11) is 0. The number of carbonyl (C=O) groups is 1. The molecule has 6 nitrogen and oxygen atoms in total. The molecular weight excluding hydrogens is 406 g/mol. The lowest BCUT2D eigenvalue weighted by Crippen LogP contribution is -2.39. The van der Waals surface area contributed by atoms with Gasteiger partial charge in [0.2, 0.25) is 0 Å². The van der Waals surface area contributed by atoms with Crippen LogP contribution >= 0.6 is 23.7 Å². The van der Waals surface area contributed by atoms with Crippen LogP contribution in [0, 0.1) is 0 Å². The van der Waals surface area contributed by atoms with Gasteiger partial charge in [0, 0.05) is 25.8 Å². The highest BCUT2D eigenvalue weighted by Crippen LogP contribution is 2.31. The summed E-state index contributed by atoms with van der Waals surface area (Å²) in [6.45, 7) is 12.5. The Labute approximate surface area is 182 Å². The molecule has 0 aliphatic heterocycles. The number of nitrogens with zero attached hydrogens (tertiary/aromatic N) is 5. The number of benzene rings is 1. The minimum Gasteiger partial charge on any atom is -0.302 e. The molecule has 8 heteroatoms. The van der Waals surface area contributed by atoms with E-state index in [1.54, 1.807) is 27.0 Å². The van der Waals surface area contributed by atoms with E-state index in [9.17, 15) is 4.79 Å². The standard InChI is InChI=1S/C21H29N5OS.ClH/c1-5-16-10-9-11-18-19(16)22-21(28-18)26(15-14-24(6-2)7-3)20(27)17-12-13-25(8-4)23-17;/h9-13H,5-8,14-15H2,1-4H3;1H. The van der Waals surface area contributed by atoms with Crippen LogP contribution in [0.25, 0.3) is 10.2 Å². The fourth-order valence-electron chi connectivity index (χ4n) is 3.25. The minimum atomic E-state index is -0.0866. The second-order valence-electron chi connectivity index (χ2n) is 6.65. The summed E-state index contributed by atoms with van der Waals surface area (Å²) < 4.78 is 2.90. The van der Waals surface area contributed by atoms with Gasteiger partial charge in [-0.05, 0) is 44.1 Å². The molecule has 0 unspecified atom stereocenters. The predicted molar refractivity (Wildman–Crippen MR) is 124 cm³/mol. The molecule has 0 fully saturated rings. The first-order valence-corrected chi connectivity index (χ1v) is 10.9. The van der Waals surface area contributed by atoms with Crippen molar-refractivity contribution in [3.63, 3.8) is 0 Å². The van der Waals surface area contributed by atoms with Gasteiger partial charge >= 0.3 is 0 Å². The smallest absolute Gasteiger partial charge is 0.280 e. The van der Waals surface area contributed by atoms with E-state index in [-0.39, 0.29) is 18.3 Å². The van der Waals surface area contributed by atoms with Crippen molar-refractivity contribution in [3.05, 3.63) is 41.7 Å². The maximum absolute atomic E-state index is 13.3. The summed E-state index contributed by atoms with van der Waals surface area (Å²) in [5.41, 5.74) is 2.69. The molecule has 0 spiro atoms. The number of aryl methyl sites for hydroxylation is 2. The lowest BCUT2D eigenvalue weighted by atomic mass is 10.1. The lowest BCUT2D eigenvalue weighted by Gasteiger charge is -2.24. The van der Waals surface area contributed by atoms with Gasteiger partial charge in [-0.3, -0.25) is 14.4 Å². The van der Waals surface area contributed by atoms with Crippen molar-refractivity contribution in [1.82, 2.24) is 19.7 Å². The highest BCUT2D eigenvalue weighted by Gasteiger charge is 2.24. The Kier molecular flexibility index (Phi) is 8.61. The highest BCUT2D eigenvalue weighted by molar-refractivity contribution is 7.22. The van der Waals surface area contributed by atoms with E-state index in [2.05, 4.69) is 49.0 Å². The molecule has 1 aromatic carbocycles. The summed E-state index contributed by atoms with van der Waals surface area (Å²) in [6, 6.07) is 8.04. The van der Waals surface area contributed by atoms with E-state index >= 15 is 0 Å². The van der Waals surface area contributed by atoms with Crippen LogP contribution in [0.15, 0.2) is 30.5 Å². The number of para-hydroxylation sites is 1. The molecule has 3 aromatic rings. The third-order valence-corrected chi connectivity index (χ3v) is 6.11. The van der Waals surface area contributed by atoms with Crippen LogP contribution in [0.1, 0.15) is 43.7 Å². The van der Waals surface area contributed by atoms with Crippen molar-refractivity contribution >= 4 is 45.0 Å². The van der Waals surface area contributed by atoms with E-state index in [0.717, 1.165) is 47.9 Å². The molecule has 0 bridgehead atoms.